The molecule has 0 aliphatic rings. The second-order valence-electron chi connectivity index (χ2n) is 4.93. The van der Waals surface area contributed by atoms with Crippen molar-refractivity contribution >= 4 is 5.82 Å². The van der Waals surface area contributed by atoms with Crippen LogP contribution in [0.1, 0.15) is 43.0 Å². The van der Waals surface area contributed by atoms with Gasteiger partial charge < -0.3 is 0 Å². The summed E-state index contributed by atoms with van der Waals surface area (Å²) in [6.45, 7) is 4.28. The van der Waals surface area contributed by atoms with Crippen LogP contribution < -0.4 is 10.3 Å². The van der Waals surface area contributed by atoms with Gasteiger partial charge in [0.05, 0.1) is 6.20 Å². The van der Waals surface area contributed by atoms with Gasteiger partial charge in [-0.2, -0.15) is 5.26 Å². The van der Waals surface area contributed by atoms with Crippen molar-refractivity contribution in [1.82, 2.24) is 0 Å². The number of aromatic nitrogens is 1. The van der Waals surface area contributed by atoms with Crippen LogP contribution in [-0.4, -0.2) is 0 Å². The average Bonchev–Trinajstić information content (AvgIpc) is 2.49. The van der Waals surface area contributed by atoms with Crippen LogP contribution in [0.15, 0.2) is 42.6 Å². The summed E-state index contributed by atoms with van der Waals surface area (Å²) in [6.07, 6.45) is 4.10. The van der Waals surface area contributed by atoms with E-state index in [2.05, 4.69) is 54.5 Å². The molecule has 0 fully saturated rings. The lowest BCUT2D eigenvalue weighted by Crippen LogP contribution is -2.17. The number of anilines is 1. The number of nitrogens with zero attached hydrogens (tertiary/aromatic N) is 1. The zero-order valence-corrected chi connectivity index (χ0v) is 12.0. The van der Waals surface area contributed by atoms with Crippen LogP contribution in [0, 0.1) is 11.3 Å². The molecule has 3 heteroatoms. The molecule has 0 spiro atoms. The van der Waals surface area contributed by atoms with Gasteiger partial charge in [-0.05, 0) is 36.6 Å². The average molecular weight is 266 g/mol. The number of rotatable bonds is 5. The number of aryl methyl sites for hydroxylation is 1. The summed E-state index contributed by atoms with van der Waals surface area (Å²) in [6, 6.07) is 14.6. The molecular formula is C17H20N3+. The van der Waals surface area contributed by atoms with E-state index in [9.17, 15) is 0 Å². The Balaban J connectivity index is 2.11. The smallest absolute Gasteiger partial charge is 0.267 e. The molecule has 1 aromatic carbocycles. The summed E-state index contributed by atoms with van der Waals surface area (Å²) in [5.74, 6) is 0.764. The summed E-state index contributed by atoms with van der Waals surface area (Å²) in [5.41, 5.74) is 3.21. The standard InChI is InChI=1S/C17H19N3/c1-3-5-14-7-9-15(10-8-14)13(2)20-17-16(12-18)6-4-11-19-17/h4,6-11,13H,3,5H2,1-2H3,(H,19,20)/p+1/t13-/m1/s1. The lowest BCUT2D eigenvalue weighted by atomic mass is 10.0. The lowest BCUT2D eigenvalue weighted by molar-refractivity contribution is -0.361. The van der Waals surface area contributed by atoms with Crippen molar-refractivity contribution in [3.05, 3.63) is 59.3 Å². The Morgan fingerprint density at radius 1 is 1.25 bits per heavy atom. The lowest BCUT2D eigenvalue weighted by Gasteiger charge is -2.10. The third kappa shape index (κ3) is 3.36. The predicted molar refractivity (Wildman–Crippen MR) is 80.2 cm³/mol. The molecule has 20 heavy (non-hydrogen) atoms. The highest BCUT2D eigenvalue weighted by molar-refractivity contribution is 5.48. The number of hydrogen-bond donors (Lipinski definition) is 1. The number of nitriles is 1. The molecule has 0 saturated carbocycles. The molecule has 0 aliphatic carbocycles. The van der Waals surface area contributed by atoms with Gasteiger partial charge in [0, 0.05) is 0 Å². The first kappa shape index (κ1) is 14.1. The Hall–Kier alpha value is -2.34. The molecule has 0 bridgehead atoms. The highest BCUT2D eigenvalue weighted by atomic mass is 15.0. The van der Waals surface area contributed by atoms with Crippen molar-refractivity contribution in [2.75, 3.05) is 5.32 Å². The van der Waals surface area contributed by atoms with E-state index in [1.165, 1.54) is 11.1 Å². The van der Waals surface area contributed by atoms with Gasteiger partial charge in [-0.25, -0.2) is 4.98 Å². The third-order valence-corrected chi connectivity index (χ3v) is 3.36. The Morgan fingerprint density at radius 2 is 2.00 bits per heavy atom. The molecule has 1 atom stereocenters. The van der Waals surface area contributed by atoms with Crippen molar-refractivity contribution in [3.63, 3.8) is 0 Å². The van der Waals surface area contributed by atoms with Gasteiger partial charge in [0.1, 0.15) is 17.7 Å². The number of hydrogen-bond acceptors (Lipinski definition) is 2. The summed E-state index contributed by atoms with van der Waals surface area (Å²) >= 11 is 0. The summed E-state index contributed by atoms with van der Waals surface area (Å²) in [7, 11) is 0. The number of benzene rings is 1. The molecule has 0 aliphatic heterocycles. The third-order valence-electron chi connectivity index (χ3n) is 3.36. The topological polar surface area (TPSA) is 50.0 Å². The highest BCUT2D eigenvalue weighted by Crippen LogP contribution is 2.19. The van der Waals surface area contributed by atoms with E-state index in [0.29, 0.717) is 5.56 Å². The quantitative estimate of drug-likeness (QED) is 0.900. The molecule has 1 aromatic heterocycles. The fourth-order valence-electron chi connectivity index (χ4n) is 2.21. The second kappa shape index (κ2) is 6.72. The predicted octanol–water partition coefficient (Wildman–Crippen LogP) is 3.50. The Kier molecular flexibility index (Phi) is 4.73. The van der Waals surface area contributed by atoms with Gasteiger partial charge in [-0.1, -0.05) is 37.6 Å². The summed E-state index contributed by atoms with van der Waals surface area (Å²) in [5, 5.41) is 12.4. The van der Waals surface area contributed by atoms with E-state index in [0.717, 1.165) is 18.7 Å². The maximum atomic E-state index is 9.09. The van der Waals surface area contributed by atoms with Crippen molar-refractivity contribution in [1.29, 1.82) is 5.26 Å². The normalized spacial score (nSPS) is 11.7. The molecular weight excluding hydrogens is 246 g/mol. The molecule has 0 amide bonds. The fourth-order valence-corrected chi connectivity index (χ4v) is 2.21. The van der Waals surface area contributed by atoms with Crippen LogP contribution in [0.5, 0.6) is 0 Å². The minimum atomic E-state index is 0.149. The zero-order valence-electron chi connectivity index (χ0n) is 12.0. The number of pyridine rings is 1. The monoisotopic (exact) mass is 266 g/mol. The highest BCUT2D eigenvalue weighted by Gasteiger charge is 2.14. The van der Waals surface area contributed by atoms with Crippen LogP contribution in [0.2, 0.25) is 0 Å². The molecule has 1 heterocycles. The fraction of sp³-hybridized carbons (Fsp3) is 0.294. The van der Waals surface area contributed by atoms with Gasteiger partial charge in [0.2, 0.25) is 0 Å². The number of aromatic amines is 1. The van der Waals surface area contributed by atoms with Gasteiger partial charge in [-0.3, -0.25) is 5.32 Å². The van der Waals surface area contributed by atoms with Gasteiger partial charge in [0.15, 0.2) is 0 Å². The van der Waals surface area contributed by atoms with E-state index >= 15 is 0 Å². The van der Waals surface area contributed by atoms with E-state index in [1.807, 2.05) is 12.3 Å². The minimum Gasteiger partial charge on any atom is -0.267 e. The van der Waals surface area contributed by atoms with Gasteiger partial charge in [0.25, 0.3) is 5.82 Å². The number of H-pyrrole nitrogens is 1. The van der Waals surface area contributed by atoms with Crippen molar-refractivity contribution in [2.45, 2.75) is 32.7 Å². The first-order chi connectivity index (χ1) is 9.74. The first-order valence-electron chi connectivity index (χ1n) is 7.00. The van der Waals surface area contributed by atoms with Crippen LogP contribution in [0.4, 0.5) is 5.82 Å². The van der Waals surface area contributed by atoms with Crippen LogP contribution in [0.25, 0.3) is 0 Å². The maximum absolute atomic E-state index is 9.09. The second-order valence-corrected chi connectivity index (χ2v) is 4.93. The SMILES string of the molecule is CCCc1ccc([C@@H](C)Nc2[nH+]cccc2C#N)cc1. The molecule has 0 unspecified atom stereocenters. The Labute approximate surface area is 120 Å². The van der Waals surface area contributed by atoms with E-state index in [-0.39, 0.29) is 6.04 Å². The van der Waals surface area contributed by atoms with E-state index in [1.54, 1.807) is 6.07 Å². The molecule has 0 saturated heterocycles. The van der Waals surface area contributed by atoms with E-state index in [4.69, 9.17) is 5.26 Å². The summed E-state index contributed by atoms with van der Waals surface area (Å²) < 4.78 is 0. The molecule has 2 rings (SSSR count). The van der Waals surface area contributed by atoms with E-state index < -0.39 is 0 Å². The van der Waals surface area contributed by atoms with Gasteiger partial charge >= 0.3 is 0 Å². The molecule has 0 radical (unpaired) electrons. The Bertz CT molecular complexity index is 596. The van der Waals surface area contributed by atoms with Crippen molar-refractivity contribution in [2.24, 2.45) is 0 Å². The van der Waals surface area contributed by atoms with Crippen LogP contribution in [-0.2, 0) is 6.42 Å². The molecule has 2 aromatic rings. The van der Waals surface area contributed by atoms with Gasteiger partial charge in [-0.15, -0.1) is 0 Å². The largest absolute Gasteiger partial charge is 0.290 e. The molecule has 2 N–H and O–H groups in total. The number of nitrogens with one attached hydrogen (secondary N) is 2. The maximum Gasteiger partial charge on any atom is 0.290 e. The van der Waals surface area contributed by atoms with Crippen molar-refractivity contribution < 1.29 is 4.98 Å². The molecule has 102 valence electrons. The van der Waals surface area contributed by atoms with Crippen molar-refractivity contribution in [3.8, 4) is 6.07 Å². The minimum absolute atomic E-state index is 0.149. The Morgan fingerprint density at radius 3 is 2.65 bits per heavy atom. The first-order valence-corrected chi connectivity index (χ1v) is 7.00. The van der Waals surface area contributed by atoms with Crippen LogP contribution in [0.3, 0.4) is 0 Å². The molecule has 3 nitrogen and oxygen atoms in total. The summed E-state index contributed by atoms with van der Waals surface area (Å²) in [4.78, 5) is 3.09. The zero-order chi connectivity index (χ0) is 14.4. The van der Waals surface area contributed by atoms with Crippen LogP contribution >= 0.6 is 0 Å².